The number of thioether (sulfide) groups is 1. The van der Waals surface area contributed by atoms with E-state index < -0.39 is 0 Å². The third-order valence-corrected chi connectivity index (χ3v) is 4.24. The van der Waals surface area contributed by atoms with Crippen molar-refractivity contribution in [1.82, 2.24) is 5.32 Å². The van der Waals surface area contributed by atoms with E-state index in [2.05, 4.69) is 57.5 Å². The maximum absolute atomic E-state index is 3.72. The van der Waals surface area contributed by atoms with E-state index in [0.717, 1.165) is 6.54 Å². The summed E-state index contributed by atoms with van der Waals surface area (Å²) in [6.45, 7) is 10.1. The van der Waals surface area contributed by atoms with Gasteiger partial charge in [-0.15, -0.1) is 0 Å². The van der Waals surface area contributed by atoms with Crippen molar-refractivity contribution < 1.29 is 0 Å². The molecule has 0 aliphatic rings. The van der Waals surface area contributed by atoms with Crippen LogP contribution < -0.4 is 5.32 Å². The van der Waals surface area contributed by atoms with Crippen LogP contribution in [-0.2, 0) is 0 Å². The Kier molecular flexibility index (Phi) is 6.80. The molecule has 0 heterocycles. The lowest BCUT2D eigenvalue weighted by molar-refractivity contribution is 0.416. The van der Waals surface area contributed by atoms with Crippen LogP contribution in [0, 0.1) is 19.8 Å². The van der Waals surface area contributed by atoms with Gasteiger partial charge in [-0.2, -0.15) is 11.8 Å². The molecule has 2 atom stereocenters. The maximum Gasteiger partial charge on any atom is 0.0356 e. The molecule has 0 aliphatic heterocycles. The summed E-state index contributed by atoms with van der Waals surface area (Å²) in [5, 5.41) is 3.72. The van der Waals surface area contributed by atoms with Crippen LogP contribution in [0.25, 0.3) is 0 Å². The zero-order valence-electron chi connectivity index (χ0n) is 12.4. The SMILES string of the molecule is CCCNC(c1cc(C)ccc1C)C(C)CSC. The predicted molar refractivity (Wildman–Crippen MR) is 84.5 cm³/mol. The highest BCUT2D eigenvalue weighted by atomic mass is 32.2. The molecule has 18 heavy (non-hydrogen) atoms. The summed E-state index contributed by atoms with van der Waals surface area (Å²) >= 11 is 1.94. The number of aryl methyl sites for hydroxylation is 2. The molecule has 0 radical (unpaired) electrons. The third kappa shape index (κ3) is 4.33. The smallest absolute Gasteiger partial charge is 0.0356 e. The molecule has 0 fully saturated rings. The fraction of sp³-hybridized carbons (Fsp3) is 0.625. The minimum atomic E-state index is 0.484. The highest BCUT2D eigenvalue weighted by Gasteiger charge is 2.19. The summed E-state index contributed by atoms with van der Waals surface area (Å²) < 4.78 is 0. The Balaban J connectivity index is 2.96. The van der Waals surface area contributed by atoms with Crippen LogP contribution in [0.2, 0.25) is 0 Å². The quantitative estimate of drug-likeness (QED) is 0.787. The summed E-state index contributed by atoms with van der Waals surface area (Å²) in [5.41, 5.74) is 4.24. The van der Waals surface area contributed by atoms with Gasteiger partial charge in [0.25, 0.3) is 0 Å². The van der Waals surface area contributed by atoms with Gasteiger partial charge in [-0.3, -0.25) is 0 Å². The van der Waals surface area contributed by atoms with Crippen molar-refractivity contribution in [2.45, 2.75) is 40.2 Å². The van der Waals surface area contributed by atoms with Gasteiger partial charge in [-0.25, -0.2) is 0 Å². The zero-order chi connectivity index (χ0) is 13.5. The lowest BCUT2D eigenvalue weighted by atomic mass is 9.91. The number of rotatable bonds is 7. The molecule has 0 spiro atoms. The Morgan fingerprint density at radius 1 is 1.28 bits per heavy atom. The molecule has 0 saturated carbocycles. The maximum atomic E-state index is 3.72. The molecule has 0 saturated heterocycles. The van der Waals surface area contributed by atoms with E-state index in [0.29, 0.717) is 12.0 Å². The van der Waals surface area contributed by atoms with Crippen molar-refractivity contribution >= 4 is 11.8 Å². The average Bonchev–Trinajstić information content (AvgIpc) is 2.34. The minimum Gasteiger partial charge on any atom is -0.310 e. The van der Waals surface area contributed by atoms with Crippen LogP contribution in [0.15, 0.2) is 18.2 Å². The van der Waals surface area contributed by atoms with Gasteiger partial charge < -0.3 is 5.32 Å². The Hall–Kier alpha value is -0.470. The highest BCUT2D eigenvalue weighted by Crippen LogP contribution is 2.27. The van der Waals surface area contributed by atoms with Crippen molar-refractivity contribution in [3.05, 3.63) is 34.9 Å². The van der Waals surface area contributed by atoms with Crippen molar-refractivity contribution in [1.29, 1.82) is 0 Å². The van der Waals surface area contributed by atoms with E-state index in [9.17, 15) is 0 Å². The molecule has 0 aliphatic carbocycles. The molecule has 102 valence electrons. The summed E-state index contributed by atoms with van der Waals surface area (Å²) in [4.78, 5) is 0. The first-order chi connectivity index (χ1) is 8.60. The Morgan fingerprint density at radius 3 is 2.61 bits per heavy atom. The van der Waals surface area contributed by atoms with Gasteiger partial charge in [0.1, 0.15) is 0 Å². The third-order valence-electron chi connectivity index (χ3n) is 3.38. The zero-order valence-corrected chi connectivity index (χ0v) is 13.2. The molecule has 1 N–H and O–H groups in total. The standard InChI is InChI=1S/C16H27NS/c1-6-9-17-16(14(4)11-18-5)15-10-12(2)7-8-13(15)3/h7-8,10,14,16-17H,6,9,11H2,1-5H3. The topological polar surface area (TPSA) is 12.0 Å². The second-order valence-corrected chi connectivity index (χ2v) is 6.14. The molecule has 1 nitrogen and oxygen atoms in total. The Labute approximate surface area is 117 Å². The van der Waals surface area contributed by atoms with E-state index in [1.807, 2.05) is 11.8 Å². The van der Waals surface area contributed by atoms with E-state index in [1.165, 1.54) is 28.9 Å². The Bertz CT molecular complexity index is 362. The molecule has 0 aromatic heterocycles. The minimum absolute atomic E-state index is 0.484. The fourth-order valence-corrected chi connectivity index (χ4v) is 3.09. The molecule has 1 aromatic carbocycles. The predicted octanol–water partition coefficient (Wildman–Crippen LogP) is 4.34. The van der Waals surface area contributed by atoms with Gasteiger partial charge in [0.15, 0.2) is 0 Å². The van der Waals surface area contributed by atoms with Crippen molar-refractivity contribution in [3.8, 4) is 0 Å². The van der Waals surface area contributed by atoms with Crippen molar-refractivity contribution in [2.75, 3.05) is 18.6 Å². The van der Waals surface area contributed by atoms with Gasteiger partial charge in [-0.05, 0) is 55.9 Å². The number of nitrogens with one attached hydrogen (secondary N) is 1. The molecule has 1 aromatic rings. The molecule has 2 unspecified atom stereocenters. The highest BCUT2D eigenvalue weighted by molar-refractivity contribution is 7.98. The van der Waals surface area contributed by atoms with Gasteiger partial charge in [0.05, 0.1) is 0 Å². The van der Waals surface area contributed by atoms with Crippen molar-refractivity contribution in [3.63, 3.8) is 0 Å². The molecule has 0 amide bonds. The summed E-state index contributed by atoms with van der Waals surface area (Å²) in [6.07, 6.45) is 3.38. The molecular formula is C16H27NS. The van der Waals surface area contributed by atoms with Crippen LogP contribution in [0.3, 0.4) is 0 Å². The van der Waals surface area contributed by atoms with Gasteiger partial charge in [-0.1, -0.05) is 37.6 Å². The van der Waals surface area contributed by atoms with Crippen LogP contribution >= 0.6 is 11.8 Å². The van der Waals surface area contributed by atoms with Crippen LogP contribution in [0.1, 0.15) is 43.0 Å². The van der Waals surface area contributed by atoms with Crippen molar-refractivity contribution in [2.24, 2.45) is 5.92 Å². The van der Waals surface area contributed by atoms with E-state index in [-0.39, 0.29) is 0 Å². The fourth-order valence-electron chi connectivity index (χ4n) is 2.37. The van der Waals surface area contributed by atoms with Gasteiger partial charge in [0, 0.05) is 6.04 Å². The summed E-state index contributed by atoms with van der Waals surface area (Å²) in [6, 6.07) is 7.28. The molecule has 2 heteroatoms. The first-order valence-corrected chi connectivity index (χ1v) is 8.29. The summed E-state index contributed by atoms with van der Waals surface area (Å²) in [5.74, 6) is 1.86. The second kappa shape index (κ2) is 7.85. The monoisotopic (exact) mass is 265 g/mol. The summed E-state index contributed by atoms with van der Waals surface area (Å²) in [7, 11) is 0. The molecule has 0 bridgehead atoms. The number of hydrogen-bond acceptors (Lipinski definition) is 2. The first kappa shape index (κ1) is 15.6. The average molecular weight is 265 g/mol. The molecule has 1 rings (SSSR count). The second-order valence-electron chi connectivity index (χ2n) is 5.22. The van der Waals surface area contributed by atoms with Crippen LogP contribution in [0.4, 0.5) is 0 Å². The number of hydrogen-bond donors (Lipinski definition) is 1. The van der Waals surface area contributed by atoms with E-state index in [4.69, 9.17) is 0 Å². The first-order valence-electron chi connectivity index (χ1n) is 6.89. The van der Waals surface area contributed by atoms with E-state index >= 15 is 0 Å². The Morgan fingerprint density at radius 2 is 2.00 bits per heavy atom. The number of benzene rings is 1. The van der Waals surface area contributed by atoms with Gasteiger partial charge in [0.2, 0.25) is 0 Å². The van der Waals surface area contributed by atoms with E-state index in [1.54, 1.807) is 0 Å². The van der Waals surface area contributed by atoms with Crippen LogP contribution in [0.5, 0.6) is 0 Å². The molecular weight excluding hydrogens is 238 g/mol. The normalized spacial score (nSPS) is 14.5. The van der Waals surface area contributed by atoms with Crippen LogP contribution in [-0.4, -0.2) is 18.6 Å². The lowest BCUT2D eigenvalue weighted by Gasteiger charge is -2.27. The lowest BCUT2D eigenvalue weighted by Crippen LogP contribution is -2.29. The largest absolute Gasteiger partial charge is 0.310 e. The van der Waals surface area contributed by atoms with Gasteiger partial charge >= 0.3 is 0 Å².